The number of nitrogen functional groups attached to an aromatic ring is 1. The van der Waals surface area contributed by atoms with E-state index in [1.54, 1.807) is 0 Å². The number of aliphatic carboxylic acids is 1. The number of nitrogens with zero attached hydrogens (tertiary/aromatic N) is 3. The van der Waals surface area contributed by atoms with Crippen molar-refractivity contribution in [2.45, 2.75) is 58.3 Å². The van der Waals surface area contributed by atoms with E-state index < -0.39 is 5.97 Å². The smallest absolute Gasteiger partial charge is 0.305 e. The third-order valence-electron chi connectivity index (χ3n) is 9.27. The number of nitrogens with one attached hydrogen (secondary N) is 1. The van der Waals surface area contributed by atoms with Crippen molar-refractivity contribution in [2.24, 2.45) is 0 Å². The van der Waals surface area contributed by atoms with Gasteiger partial charge in [-0.1, -0.05) is 31.9 Å². The molecule has 0 atom stereocenters. The summed E-state index contributed by atoms with van der Waals surface area (Å²) in [5.41, 5.74) is 10.3. The van der Waals surface area contributed by atoms with E-state index in [0.29, 0.717) is 131 Å². The third-order valence-corrected chi connectivity index (χ3v) is 9.27. The molecule has 0 aliphatic rings. The number of pyridine rings is 1. The number of carboxylic acids is 1. The van der Waals surface area contributed by atoms with E-state index in [9.17, 15) is 4.79 Å². The predicted octanol–water partition coefficient (Wildman–Crippen LogP) is 4.32. The van der Waals surface area contributed by atoms with E-state index in [1.165, 1.54) is 12.0 Å². The lowest BCUT2D eigenvalue weighted by Crippen LogP contribution is -2.25. The third kappa shape index (κ3) is 24.4. The van der Waals surface area contributed by atoms with E-state index in [4.69, 9.17) is 63.2 Å². The number of rotatable bonds is 42. The molecule has 3 aromatic rings. The Balaban J connectivity index is 0.986. The molecule has 2 aromatic heterocycles. The fourth-order valence-electron chi connectivity index (χ4n) is 5.95. The summed E-state index contributed by atoms with van der Waals surface area (Å²) in [4.78, 5) is 25.5. The van der Waals surface area contributed by atoms with Crippen molar-refractivity contribution in [3.63, 3.8) is 0 Å². The van der Waals surface area contributed by atoms with Gasteiger partial charge >= 0.3 is 5.97 Å². The lowest BCUT2D eigenvalue weighted by Gasteiger charge is -2.16. The van der Waals surface area contributed by atoms with Gasteiger partial charge in [0.1, 0.15) is 11.3 Å². The van der Waals surface area contributed by atoms with Gasteiger partial charge < -0.3 is 68.1 Å². The second-order valence-corrected chi connectivity index (χ2v) is 14.2. The van der Waals surface area contributed by atoms with E-state index in [-0.39, 0.29) is 13.0 Å². The Bertz CT molecular complexity index is 1520. The summed E-state index contributed by atoms with van der Waals surface area (Å²) in [7, 11) is 2.14. The van der Waals surface area contributed by atoms with Gasteiger partial charge in [0, 0.05) is 18.4 Å². The van der Waals surface area contributed by atoms with Gasteiger partial charge in [-0.2, -0.15) is 0 Å². The number of nitrogens with two attached hydrogens (primary N) is 1. The first kappa shape index (κ1) is 51.3. The number of carbonyl (C=O) groups is 1. The molecule has 0 saturated carbocycles. The van der Waals surface area contributed by atoms with Gasteiger partial charge in [-0.25, -0.2) is 9.97 Å². The maximum atomic E-state index is 10.4. The highest BCUT2D eigenvalue weighted by Crippen LogP contribution is 2.27. The minimum Gasteiger partial charge on any atom is -0.481 e. The molecule has 0 unspecified atom stereocenters. The zero-order chi connectivity index (χ0) is 42.7. The number of benzene rings is 1. The number of fused-ring (bicyclic) bond motifs is 3. The average Bonchev–Trinajstić information content (AvgIpc) is 3.68. The minimum absolute atomic E-state index is 0.00324. The normalized spacial score (nSPS) is 11.8. The number of H-pyrrole nitrogens is 1. The monoisotopic (exact) mass is 852 g/mol. The van der Waals surface area contributed by atoms with Gasteiger partial charge in [0.05, 0.1) is 150 Å². The van der Waals surface area contributed by atoms with Crippen LogP contribution in [0.2, 0.25) is 0 Å². The number of imidazole rings is 1. The molecule has 0 fully saturated rings. The van der Waals surface area contributed by atoms with Crippen molar-refractivity contribution >= 4 is 33.7 Å². The predicted molar refractivity (Wildman–Crippen MR) is 230 cm³/mol. The Morgan fingerprint density at radius 1 is 0.617 bits per heavy atom. The fraction of sp³-hybridized carbons (Fsp3) is 0.744. The van der Waals surface area contributed by atoms with Crippen LogP contribution in [0.4, 0.5) is 5.82 Å². The van der Waals surface area contributed by atoms with Crippen molar-refractivity contribution in [3.05, 3.63) is 29.6 Å². The first-order chi connectivity index (χ1) is 29.5. The largest absolute Gasteiger partial charge is 0.481 e. The number of aryl methyl sites for hydroxylation is 2. The molecule has 2 heterocycles. The zero-order valence-corrected chi connectivity index (χ0v) is 36.3. The molecule has 0 aliphatic heterocycles. The molecule has 0 saturated heterocycles. The molecule has 17 heteroatoms. The van der Waals surface area contributed by atoms with Crippen LogP contribution in [0.25, 0.3) is 21.9 Å². The Labute approximate surface area is 356 Å². The molecule has 0 aliphatic carbocycles. The minimum atomic E-state index is -0.874. The van der Waals surface area contributed by atoms with Crippen molar-refractivity contribution in [1.82, 2.24) is 19.9 Å². The molecule has 17 nitrogen and oxygen atoms in total. The molecule has 0 bridgehead atoms. The number of aromatic amines is 1. The van der Waals surface area contributed by atoms with Crippen LogP contribution in [0, 0.1) is 0 Å². The summed E-state index contributed by atoms with van der Waals surface area (Å²) in [6.07, 6.45) is 7.63. The Morgan fingerprint density at radius 2 is 1.10 bits per heavy atom. The number of anilines is 1. The lowest BCUT2D eigenvalue weighted by molar-refractivity contribution is -0.138. The number of unbranched alkanes of at least 4 members (excludes halogenated alkanes) is 3. The number of hydrogen-bond acceptors (Lipinski definition) is 15. The van der Waals surface area contributed by atoms with Gasteiger partial charge in [0.25, 0.3) is 0 Å². The van der Waals surface area contributed by atoms with Crippen molar-refractivity contribution in [2.75, 3.05) is 158 Å². The molecule has 60 heavy (non-hydrogen) atoms. The van der Waals surface area contributed by atoms with Gasteiger partial charge in [0.2, 0.25) is 0 Å². The Kier molecular flexibility index (Phi) is 29.5. The molecular weight excluding hydrogens is 778 g/mol. The van der Waals surface area contributed by atoms with Crippen LogP contribution < -0.4 is 5.73 Å². The topological polar surface area (TPSA) is 200 Å². The molecule has 342 valence electrons. The molecular formula is C43H73N5O12. The fourth-order valence-corrected chi connectivity index (χ4v) is 5.95. The standard InChI is InChI=1S/C43H73N5O12/c1-3-4-9-39-46-41-37-11-10-36(35-38(37)45-43(44)42(41)47-39)8-6-5-7-13-48(2)14-16-52-18-20-54-22-24-56-26-28-58-30-32-60-34-33-59-31-29-57-27-25-55-23-21-53-19-17-51-15-12-40(49)50/h10-11,35H,3-9,12-34H2,1-2H3,(H2,44,45)(H,46,47)(H,49,50). The Morgan fingerprint density at radius 3 is 1.58 bits per heavy atom. The van der Waals surface area contributed by atoms with Gasteiger partial charge in [0.15, 0.2) is 5.82 Å². The summed E-state index contributed by atoms with van der Waals surface area (Å²) >= 11 is 0. The summed E-state index contributed by atoms with van der Waals surface area (Å²) in [5.74, 6) is 0.602. The molecule has 0 spiro atoms. The van der Waals surface area contributed by atoms with Gasteiger partial charge in [-0.15, -0.1) is 0 Å². The lowest BCUT2D eigenvalue weighted by atomic mass is 10.0. The van der Waals surface area contributed by atoms with E-state index in [2.05, 4.69) is 47.0 Å². The van der Waals surface area contributed by atoms with Crippen LogP contribution in [-0.2, 0) is 65.0 Å². The highest BCUT2D eigenvalue weighted by atomic mass is 16.6. The number of hydrogen-bond donors (Lipinski definition) is 3. The summed E-state index contributed by atoms with van der Waals surface area (Å²) in [6.45, 7) is 13.7. The zero-order valence-electron chi connectivity index (χ0n) is 36.3. The highest BCUT2D eigenvalue weighted by Gasteiger charge is 2.12. The maximum Gasteiger partial charge on any atom is 0.305 e. The second kappa shape index (κ2) is 34.5. The molecule has 0 amide bonds. The van der Waals surface area contributed by atoms with Crippen LogP contribution in [0.5, 0.6) is 0 Å². The van der Waals surface area contributed by atoms with Crippen LogP contribution in [0.15, 0.2) is 18.2 Å². The second-order valence-electron chi connectivity index (χ2n) is 14.2. The summed E-state index contributed by atoms with van der Waals surface area (Å²) in [5, 5.41) is 9.59. The van der Waals surface area contributed by atoms with Crippen LogP contribution in [-0.4, -0.2) is 183 Å². The molecule has 0 radical (unpaired) electrons. The Hall–Kier alpha value is -3.07. The number of carboxylic acid groups (broad SMARTS) is 1. The SMILES string of the molecule is CCCCc1nc2c(N)nc3cc(CCCCCN(C)CCOCCOCCOCCOCCOCCOCCOCCOCCOCCOCCC(=O)O)ccc3c2[nH]1. The first-order valence-electron chi connectivity index (χ1n) is 21.7. The van der Waals surface area contributed by atoms with Crippen LogP contribution in [0.3, 0.4) is 0 Å². The van der Waals surface area contributed by atoms with E-state index in [0.717, 1.165) is 79.4 Å². The first-order valence-corrected chi connectivity index (χ1v) is 21.7. The van der Waals surface area contributed by atoms with Crippen molar-refractivity contribution < 1.29 is 57.3 Å². The molecule has 3 rings (SSSR count). The summed E-state index contributed by atoms with van der Waals surface area (Å²) < 4.78 is 54.8. The van der Waals surface area contributed by atoms with Gasteiger partial charge in [-0.3, -0.25) is 4.79 Å². The number of ether oxygens (including phenoxy) is 10. The van der Waals surface area contributed by atoms with Crippen LogP contribution in [0.1, 0.15) is 56.8 Å². The quantitative estimate of drug-likeness (QED) is 0.0680. The number of aromatic nitrogens is 3. The molecule has 4 N–H and O–H groups in total. The average molecular weight is 852 g/mol. The number of likely N-dealkylation sites (N-methyl/N-ethyl adjacent to an activating group) is 1. The highest BCUT2D eigenvalue weighted by molar-refractivity contribution is 6.06. The van der Waals surface area contributed by atoms with Crippen molar-refractivity contribution in [1.29, 1.82) is 0 Å². The van der Waals surface area contributed by atoms with Gasteiger partial charge in [-0.05, 0) is 50.9 Å². The van der Waals surface area contributed by atoms with E-state index >= 15 is 0 Å². The van der Waals surface area contributed by atoms with Crippen LogP contribution >= 0.6 is 0 Å². The maximum absolute atomic E-state index is 10.4. The summed E-state index contributed by atoms with van der Waals surface area (Å²) in [6, 6.07) is 6.54. The molecule has 1 aromatic carbocycles. The van der Waals surface area contributed by atoms with E-state index in [1.807, 2.05) is 0 Å². The van der Waals surface area contributed by atoms with Crippen molar-refractivity contribution in [3.8, 4) is 0 Å².